The van der Waals surface area contributed by atoms with Crippen molar-refractivity contribution in [3.8, 4) is 45.5 Å². The Labute approximate surface area is 364 Å². The zero-order valence-electron chi connectivity index (χ0n) is 34.1. The van der Waals surface area contributed by atoms with Gasteiger partial charge in [-0.25, -0.2) is 4.98 Å². The molecule has 5 heterocycles. The number of fused-ring (bicyclic) bond motifs is 13. The highest BCUT2D eigenvalue weighted by molar-refractivity contribution is 6.25. The highest BCUT2D eigenvalue weighted by atomic mass is 16.3. The normalized spacial score (nSPS) is 12.1. The van der Waals surface area contributed by atoms with Crippen LogP contribution in [0.2, 0.25) is 0 Å². The van der Waals surface area contributed by atoms with E-state index in [2.05, 4.69) is 149 Å². The summed E-state index contributed by atoms with van der Waals surface area (Å²) < 4.78 is 17.9. The molecule has 298 valence electrons. The maximum absolute atomic E-state index is 6.84. The lowest BCUT2D eigenvalue weighted by molar-refractivity contribution is 0.669. The Balaban J connectivity index is 1.14. The van der Waals surface area contributed by atoms with Crippen LogP contribution in [0.5, 0.6) is 0 Å². The van der Waals surface area contributed by atoms with Crippen LogP contribution in [-0.2, 0) is 0 Å². The molecule has 0 radical (unpaired) electrons. The number of hydrogen-bond acceptors (Lipinski definition) is 5. The molecule has 14 rings (SSSR count). The molecule has 0 atom stereocenters. The number of nitrogens with zero attached hydrogens (tertiary/aromatic N) is 5. The lowest BCUT2D eigenvalue weighted by atomic mass is 10.0. The van der Waals surface area contributed by atoms with Crippen molar-refractivity contribution in [2.24, 2.45) is 0 Å². The van der Waals surface area contributed by atoms with Gasteiger partial charge in [-0.1, -0.05) is 158 Å². The Morgan fingerprint density at radius 3 is 1.59 bits per heavy atom. The smallest absolute Gasteiger partial charge is 0.238 e. The summed E-state index contributed by atoms with van der Waals surface area (Å²) in [5.74, 6) is 1.65. The first-order valence-electron chi connectivity index (χ1n) is 21.4. The third-order valence-electron chi connectivity index (χ3n) is 12.8. The van der Waals surface area contributed by atoms with Crippen LogP contribution in [0, 0.1) is 0 Å². The minimum atomic E-state index is 0.516. The van der Waals surface area contributed by atoms with Crippen LogP contribution >= 0.6 is 0 Å². The number of hydrogen-bond donors (Lipinski definition) is 0. The number of para-hydroxylation sites is 4. The molecule has 0 aliphatic carbocycles. The second-order valence-corrected chi connectivity index (χ2v) is 16.3. The summed E-state index contributed by atoms with van der Waals surface area (Å²) in [6, 6.07) is 69.5. The molecular weight excluding hydrogens is 787 g/mol. The van der Waals surface area contributed by atoms with Crippen LogP contribution in [0.25, 0.3) is 133 Å². The number of furan rings is 2. The fourth-order valence-electron chi connectivity index (χ4n) is 10.1. The highest BCUT2D eigenvalue weighted by Crippen LogP contribution is 2.46. The average Bonchev–Trinajstić information content (AvgIpc) is 4.12. The van der Waals surface area contributed by atoms with Gasteiger partial charge in [-0.2, -0.15) is 9.97 Å². The van der Waals surface area contributed by atoms with Gasteiger partial charge in [-0.3, -0.25) is 4.57 Å². The Morgan fingerprint density at radius 2 is 0.875 bits per heavy atom. The summed E-state index contributed by atoms with van der Waals surface area (Å²) in [7, 11) is 0. The monoisotopic (exact) mass is 819 g/mol. The van der Waals surface area contributed by atoms with E-state index in [1.807, 2.05) is 60.7 Å². The minimum absolute atomic E-state index is 0.516. The van der Waals surface area contributed by atoms with Crippen LogP contribution in [0.15, 0.2) is 209 Å². The summed E-state index contributed by atoms with van der Waals surface area (Å²) in [5.41, 5.74) is 12.3. The van der Waals surface area contributed by atoms with Gasteiger partial charge in [0.1, 0.15) is 22.3 Å². The quantitative estimate of drug-likeness (QED) is 0.173. The summed E-state index contributed by atoms with van der Waals surface area (Å²) >= 11 is 0. The standard InChI is InChI=1S/C57H33N5O2/c1-3-16-34(17-4-1)36-32-33-46(51-42-23-10-14-28-48(42)64-54(36)51)61-44-25-11-7-20-37(44)39-30-31-40-38-21-8-12-26-45(38)62(53(40)52(39)61)57-59-55(35-18-5-2-6-19-35)58-56(60-57)43-24-15-29-49-50(43)41-22-9-13-27-47(41)63-49/h1-33H. The first-order chi connectivity index (χ1) is 31.8. The predicted octanol–water partition coefficient (Wildman–Crippen LogP) is 14.9. The van der Waals surface area contributed by atoms with Crippen molar-refractivity contribution < 1.29 is 8.83 Å². The third kappa shape index (κ3) is 4.94. The van der Waals surface area contributed by atoms with Crippen LogP contribution in [0.4, 0.5) is 0 Å². The minimum Gasteiger partial charge on any atom is -0.456 e. The molecule has 0 spiro atoms. The molecule has 0 aliphatic rings. The molecule has 0 aliphatic heterocycles. The lowest BCUT2D eigenvalue weighted by Crippen LogP contribution is -2.07. The van der Waals surface area contributed by atoms with E-state index < -0.39 is 0 Å². The molecule has 7 heteroatoms. The van der Waals surface area contributed by atoms with E-state index >= 15 is 0 Å². The Bertz CT molecular complexity index is 4200. The molecule has 64 heavy (non-hydrogen) atoms. The summed E-state index contributed by atoms with van der Waals surface area (Å²) in [6.45, 7) is 0. The predicted molar refractivity (Wildman–Crippen MR) is 259 cm³/mol. The second-order valence-electron chi connectivity index (χ2n) is 16.3. The van der Waals surface area contributed by atoms with E-state index in [1.54, 1.807) is 0 Å². The van der Waals surface area contributed by atoms with Gasteiger partial charge in [0.2, 0.25) is 5.95 Å². The average molecular weight is 820 g/mol. The first kappa shape index (κ1) is 34.9. The molecule has 9 aromatic carbocycles. The summed E-state index contributed by atoms with van der Waals surface area (Å²) in [5, 5.41) is 8.53. The van der Waals surface area contributed by atoms with E-state index in [0.29, 0.717) is 17.6 Å². The van der Waals surface area contributed by atoms with Gasteiger partial charge in [0.15, 0.2) is 11.6 Å². The van der Waals surface area contributed by atoms with E-state index in [-0.39, 0.29) is 0 Å². The zero-order valence-corrected chi connectivity index (χ0v) is 34.1. The number of benzene rings is 9. The van der Waals surface area contributed by atoms with Gasteiger partial charge < -0.3 is 13.4 Å². The molecule has 0 saturated carbocycles. The van der Waals surface area contributed by atoms with Crippen molar-refractivity contribution in [1.29, 1.82) is 0 Å². The zero-order chi connectivity index (χ0) is 41.9. The molecule has 0 N–H and O–H groups in total. The van der Waals surface area contributed by atoms with Gasteiger partial charge in [0.25, 0.3) is 0 Å². The SMILES string of the molecule is c1ccc(-c2nc(-c3cccc4oc5ccccc5c34)nc(-n3c4ccccc4c4ccc5c6ccccc6n(-c6ccc(-c7ccccc7)c7oc8ccccc8c67)c5c43)n2)cc1. The highest BCUT2D eigenvalue weighted by Gasteiger charge is 2.26. The molecule has 0 amide bonds. The fraction of sp³-hybridized carbons (Fsp3) is 0. The molecule has 5 aromatic heterocycles. The summed E-state index contributed by atoms with van der Waals surface area (Å²) in [4.78, 5) is 16.1. The second kappa shape index (κ2) is 13.3. The van der Waals surface area contributed by atoms with Crippen LogP contribution < -0.4 is 0 Å². The molecule has 0 bridgehead atoms. The Morgan fingerprint density at radius 1 is 0.328 bits per heavy atom. The van der Waals surface area contributed by atoms with Gasteiger partial charge in [0.05, 0.1) is 33.1 Å². The molecule has 7 nitrogen and oxygen atoms in total. The molecule has 0 fully saturated rings. The van der Waals surface area contributed by atoms with Gasteiger partial charge in [-0.15, -0.1) is 0 Å². The third-order valence-corrected chi connectivity index (χ3v) is 12.8. The number of rotatable bonds is 5. The van der Waals surface area contributed by atoms with Gasteiger partial charge >= 0.3 is 0 Å². The van der Waals surface area contributed by atoms with Crippen LogP contribution in [0.3, 0.4) is 0 Å². The van der Waals surface area contributed by atoms with Crippen molar-refractivity contribution >= 4 is 87.5 Å². The van der Waals surface area contributed by atoms with Crippen molar-refractivity contribution in [3.63, 3.8) is 0 Å². The van der Waals surface area contributed by atoms with E-state index in [1.165, 1.54) is 0 Å². The van der Waals surface area contributed by atoms with Crippen molar-refractivity contribution in [2.45, 2.75) is 0 Å². The largest absolute Gasteiger partial charge is 0.456 e. The molecule has 0 unspecified atom stereocenters. The van der Waals surface area contributed by atoms with Gasteiger partial charge in [-0.05, 0) is 48.0 Å². The topological polar surface area (TPSA) is 74.8 Å². The molecule has 14 aromatic rings. The van der Waals surface area contributed by atoms with Crippen molar-refractivity contribution in [3.05, 3.63) is 200 Å². The van der Waals surface area contributed by atoms with Crippen LogP contribution in [0.1, 0.15) is 0 Å². The number of aromatic nitrogens is 5. The first-order valence-corrected chi connectivity index (χ1v) is 21.4. The summed E-state index contributed by atoms with van der Waals surface area (Å²) in [6.07, 6.45) is 0. The van der Waals surface area contributed by atoms with E-state index in [0.717, 1.165) is 115 Å². The maximum Gasteiger partial charge on any atom is 0.238 e. The molecular formula is C57H33N5O2. The van der Waals surface area contributed by atoms with Crippen molar-refractivity contribution in [1.82, 2.24) is 24.1 Å². The van der Waals surface area contributed by atoms with E-state index in [4.69, 9.17) is 23.8 Å². The molecule has 0 saturated heterocycles. The van der Waals surface area contributed by atoms with Gasteiger partial charge in [0, 0.05) is 54.4 Å². The Kier molecular flexibility index (Phi) is 7.27. The fourth-order valence-corrected chi connectivity index (χ4v) is 10.1. The van der Waals surface area contributed by atoms with E-state index in [9.17, 15) is 0 Å². The lowest BCUT2D eigenvalue weighted by Gasteiger charge is -2.15. The van der Waals surface area contributed by atoms with Crippen LogP contribution in [-0.4, -0.2) is 24.1 Å². The van der Waals surface area contributed by atoms with Crippen molar-refractivity contribution in [2.75, 3.05) is 0 Å². The Hall–Kier alpha value is -8.81. The maximum atomic E-state index is 6.84.